The molecule has 0 atom stereocenters. The quantitative estimate of drug-likeness (QED) is 0.515. The van der Waals surface area contributed by atoms with Crippen LogP contribution in [0.5, 0.6) is 0 Å². The van der Waals surface area contributed by atoms with E-state index in [4.69, 9.17) is 4.74 Å². The van der Waals surface area contributed by atoms with Crippen LogP contribution in [0.25, 0.3) is 0 Å². The predicted molar refractivity (Wildman–Crippen MR) is 71.3 cm³/mol. The summed E-state index contributed by atoms with van der Waals surface area (Å²) in [7, 11) is 0. The van der Waals surface area contributed by atoms with Crippen LogP contribution >= 0.6 is 0 Å². The van der Waals surface area contributed by atoms with Crippen molar-refractivity contribution in [1.82, 2.24) is 10.2 Å². The molecule has 0 spiro atoms. The highest BCUT2D eigenvalue weighted by Crippen LogP contribution is 2.26. The van der Waals surface area contributed by atoms with Gasteiger partial charge in [0.2, 0.25) is 0 Å². The molecule has 1 aliphatic heterocycles. The maximum Gasteiger partial charge on any atom is 0.0599 e. The number of nitrogens with zero attached hydrogens (tertiary/aromatic N) is 1. The SMILES string of the molecule is C=CCN(CCCOC1CCNCC1)C1CC1. The number of hydrogen-bond acceptors (Lipinski definition) is 3. The molecule has 1 aliphatic carbocycles. The Morgan fingerprint density at radius 2 is 2.00 bits per heavy atom. The van der Waals surface area contributed by atoms with Gasteiger partial charge in [0.25, 0.3) is 0 Å². The van der Waals surface area contributed by atoms with Crippen LogP contribution in [0.2, 0.25) is 0 Å². The third-order valence-corrected chi connectivity index (χ3v) is 3.66. The maximum atomic E-state index is 5.92. The van der Waals surface area contributed by atoms with E-state index in [1.54, 1.807) is 0 Å². The van der Waals surface area contributed by atoms with Gasteiger partial charge in [-0.1, -0.05) is 6.08 Å². The van der Waals surface area contributed by atoms with Crippen LogP contribution in [0.1, 0.15) is 32.1 Å². The minimum Gasteiger partial charge on any atom is -0.378 e. The molecule has 0 amide bonds. The van der Waals surface area contributed by atoms with E-state index < -0.39 is 0 Å². The summed E-state index contributed by atoms with van der Waals surface area (Å²) < 4.78 is 5.92. The van der Waals surface area contributed by atoms with Gasteiger partial charge in [-0.2, -0.15) is 0 Å². The normalized spacial score (nSPS) is 21.9. The molecule has 1 saturated carbocycles. The number of rotatable bonds is 8. The fraction of sp³-hybridized carbons (Fsp3) is 0.857. The highest BCUT2D eigenvalue weighted by Gasteiger charge is 2.27. The monoisotopic (exact) mass is 238 g/mol. The lowest BCUT2D eigenvalue weighted by Gasteiger charge is -2.24. The Hall–Kier alpha value is -0.380. The van der Waals surface area contributed by atoms with E-state index in [1.165, 1.54) is 32.2 Å². The van der Waals surface area contributed by atoms with Crippen molar-refractivity contribution >= 4 is 0 Å². The number of hydrogen-bond donors (Lipinski definition) is 1. The highest BCUT2D eigenvalue weighted by atomic mass is 16.5. The van der Waals surface area contributed by atoms with Crippen molar-refractivity contribution in [3.8, 4) is 0 Å². The first kappa shape index (κ1) is 13.1. The van der Waals surface area contributed by atoms with Gasteiger partial charge in [-0.25, -0.2) is 0 Å². The minimum atomic E-state index is 0.505. The number of ether oxygens (including phenoxy) is 1. The molecule has 0 aromatic heterocycles. The molecule has 0 radical (unpaired) electrons. The molecule has 3 heteroatoms. The molecule has 2 rings (SSSR count). The highest BCUT2D eigenvalue weighted by molar-refractivity contribution is 4.88. The van der Waals surface area contributed by atoms with Crippen LogP contribution in [0.3, 0.4) is 0 Å². The minimum absolute atomic E-state index is 0.505. The van der Waals surface area contributed by atoms with Crippen molar-refractivity contribution in [2.75, 3.05) is 32.8 Å². The second-order valence-electron chi connectivity index (χ2n) is 5.19. The fourth-order valence-electron chi connectivity index (χ4n) is 2.51. The van der Waals surface area contributed by atoms with E-state index in [0.717, 1.165) is 38.7 Å². The molecule has 2 fully saturated rings. The number of piperidine rings is 1. The van der Waals surface area contributed by atoms with E-state index in [9.17, 15) is 0 Å². The average molecular weight is 238 g/mol. The third-order valence-electron chi connectivity index (χ3n) is 3.66. The van der Waals surface area contributed by atoms with Gasteiger partial charge < -0.3 is 10.1 Å². The lowest BCUT2D eigenvalue weighted by Crippen LogP contribution is -2.33. The fourth-order valence-corrected chi connectivity index (χ4v) is 2.51. The van der Waals surface area contributed by atoms with Gasteiger partial charge in [-0.3, -0.25) is 4.90 Å². The maximum absolute atomic E-state index is 5.92. The Bertz CT molecular complexity index is 222. The van der Waals surface area contributed by atoms with Crippen molar-refractivity contribution in [3.63, 3.8) is 0 Å². The first-order valence-corrected chi connectivity index (χ1v) is 7.07. The standard InChI is InChI=1S/C14H26N2O/c1-2-10-16(13-4-5-13)11-3-12-17-14-6-8-15-9-7-14/h2,13-15H,1,3-12H2. The van der Waals surface area contributed by atoms with Crippen molar-refractivity contribution < 1.29 is 4.74 Å². The molecule has 0 unspecified atom stereocenters. The summed E-state index contributed by atoms with van der Waals surface area (Å²) in [5.74, 6) is 0. The van der Waals surface area contributed by atoms with Gasteiger partial charge >= 0.3 is 0 Å². The molecule has 1 heterocycles. The Kier molecular flexibility index (Phi) is 5.49. The van der Waals surface area contributed by atoms with E-state index in [1.807, 2.05) is 6.08 Å². The predicted octanol–water partition coefficient (Wildman–Crippen LogP) is 1.80. The molecule has 17 heavy (non-hydrogen) atoms. The van der Waals surface area contributed by atoms with Gasteiger partial charge in [0, 0.05) is 25.7 Å². The molecule has 2 aliphatic rings. The average Bonchev–Trinajstić information content (AvgIpc) is 3.19. The lowest BCUT2D eigenvalue weighted by atomic mass is 10.1. The summed E-state index contributed by atoms with van der Waals surface area (Å²) in [6.45, 7) is 9.20. The topological polar surface area (TPSA) is 24.5 Å². The van der Waals surface area contributed by atoms with E-state index in [2.05, 4.69) is 16.8 Å². The Morgan fingerprint density at radius 1 is 1.24 bits per heavy atom. The van der Waals surface area contributed by atoms with Gasteiger partial charge in [0.1, 0.15) is 0 Å². The van der Waals surface area contributed by atoms with E-state index >= 15 is 0 Å². The molecule has 98 valence electrons. The smallest absolute Gasteiger partial charge is 0.0599 e. The zero-order chi connectivity index (χ0) is 11.9. The van der Waals surface area contributed by atoms with Crippen molar-refractivity contribution in [2.45, 2.75) is 44.2 Å². The van der Waals surface area contributed by atoms with Crippen LogP contribution in [0.4, 0.5) is 0 Å². The molecule has 0 bridgehead atoms. The summed E-state index contributed by atoms with van der Waals surface area (Å²) in [6.07, 6.45) is 8.80. The summed E-state index contributed by atoms with van der Waals surface area (Å²) in [6, 6.07) is 0.840. The molecule has 1 N–H and O–H groups in total. The summed E-state index contributed by atoms with van der Waals surface area (Å²) in [4.78, 5) is 2.54. The molecular weight excluding hydrogens is 212 g/mol. The largest absolute Gasteiger partial charge is 0.378 e. The molecule has 0 aromatic carbocycles. The Morgan fingerprint density at radius 3 is 2.65 bits per heavy atom. The third kappa shape index (κ3) is 4.78. The summed E-state index contributed by atoms with van der Waals surface area (Å²) in [5.41, 5.74) is 0. The van der Waals surface area contributed by atoms with Crippen LogP contribution in [-0.4, -0.2) is 49.8 Å². The van der Waals surface area contributed by atoms with Gasteiger partial charge in [-0.05, 0) is 45.2 Å². The second-order valence-corrected chi connectivity index (χ2v) is 5.19. The molecule has 0 aromatic rings. The molecule has 1 saturated heterocycles. The first-order chi connectivity index (χ1) is 8.40. The second kappa shape index (κ2) is 7.14. The lowest BCUT2D eigenvalue weighted by molar-refractivity contribution is 0.0279. The van der Waals surface area contributed by atoms with Crippen LogP contribution < -0.4 is 5.32 Å². The summed E-state index contributed by atoms with van der Waals surface area (Å²) >= 11 is 0. The first-order valence-electron chi connectivity index (χ1n) is 7.07. The number of nitrogens with one attached hydrogen (secondary N) is 1. The van der Waals surface area contributed by atoms with Crippen LogP contribution in [-0.2, 0) is 4.74 Å². The molecule has 3 nitrogen and oxygen atoms in total. The summed E-state index contributed by atoms with van der Waals surface area (Å²) in [5, 5.41) is 3.36. The Labute approximate surface area is 105 Å². The van der Waals surface area contributed by atoms with Gasteiger partial charge in [0.05, 0.1) is 6.10 Å². The molecular formula is C14H26N2O. The zero-order valence-corrected chi connectivity index (χ0v) is 10.9. The van der Waals surface area contributed by atoms with Crippen LogP contribution in [0, 0.1) is 0 Å². The van der Waals surface area contributed by atoms with Gasteiger partial charge in [-0.15, -0.1) is 6.58 Å². The van der Waals surface area contributed by atoms with E-state index in [-0.39, 0.29) is 0 Å². The van der Waals surface area contributed by atoms with Gasteiger partial charge in [0.15, 0.2) is 0 Å². The van der Waals surface area contributed by atoms with Crippen molar-refractivity contribution in [1.29, 1.82) is 0 Å². The Balaban J connectivity index is 1.53. The van der Waals surface area contributed by atoms with Crippen LogP contribution in [0.15, 0.2) is 12.7 Å². The van der Waals surface area contributed by atoms with E-state index in [0.29, 0.717) is 6.10 Å². The van der Waals surface area contributed by atoms with Crippen molar-refractivity contribution in [3.05, 3.63) is 12.7 Å². The zero-order valence-electron chi connectivity index (χ0n) is 10.9. The van der Waals surface area contributed by atoms with Crippen molar-refractivity contribution in [2.24, 2.45) is 0 Å².